The van der Waals surface area contributed by atoms with Gasteiger partial charge in [0.15, 0.2) is 5.54 Å². The molecule has 1 fully saturated rings. The van der Waals surface area contributed by atoms with E-state index in [1.807, 2.05) is 24.3 Å². The number of hydrogen-bond acceptors (Lipinski definition) is 3. The van der Waals surface area contributed by atoms with Crippen molar-refractivity contribution < 1.29 is 14.4 Å². The number of para-hydroxylation sites is 1. The number of amides is 4. The van der Waals surface area contributed by atoms with E-state index in [0.29, 0.717) is 19.5 Å². The number of urea groups is 1. The fraction of sp³-hybridized carbons (Fsp3) is 0.500. The van der Waals surface area contributed by atoms with Crippen molar-refractivity contribution in [1.29, 1.82) is 0 Å². The lowest BCUT2D eigenvalue weighted by atomic mass is 9.87. The van der Waals surface area contributed by atoms with Gasteiger partial charge in [0.25, 0.3) is 5.91 Å². The Balaban J connectivity index is 1.64. The molecule has 0 radical (unpaired) electrons. The molecule has 0 aliphatic carbocycles. The summed E-state index contributed by atoms with van der Waals surface area (Å²) in [6, 6.07) is 6.71. The highest BCUT2D eigenvalue weighted by Crippen LogP contribution is 2.44. The van der Waals surface area contributed by atoms with Crippen LogP contribution in [0.3, 0.4) is 0 Å². The second-order valence-corrected chi connectivity index (χ2v) is 8.13. The standard InChI is InChI=1S/C22H28N4O3/c1-4-5-8-12-23-19(27)14(2)26-20(28)22(3)18-16(11-13-25(22)21(26)29)15-9-6-7-10-17(15)24-18/h6-7,9-10,14,24H,4-5,8,11-13H2,1-3H3,(H,23,27). The molecule has 2 aromatic rings. The van der Waals surface area contributed by atoms with Crippen molar-refractivity contribution >= 4 is 28.7 Å². The fourth-order valence-corrected chi connectivity index (χ4v) is 4.61. The van der Waals surface area contributed by atoms with Gasteiger partial charge in [0.05, 0.1) is 5.69 Å². The Labute approximate surface area is 170 Å². The molecule has 2 aliphatic rings. The van der Waals surface area contributed by atoms with Crippen molar-refractivity contribution in [2.24, 2.45) is 0 Å². The number of fused-ring (bicyclic) bond motifs is 5. The molecule has 1 aromatic heterocycles. The van der Waals surface area contributed by atoms with Gasteiger partial charge in [0.1, 0.15) is 6.04 Å². The Bertz CT molecular complexity index is 982. The third-order valence-electron chi connectivity index (χ3n) is 6.34. The highest BCUT2D eigenvalue weighted by molar-refractivity contribution is 6.10. The van der Waals surface area contributed by atoms with Crippen molar-refractivity contribution in [3.63, 3.8) is 0 Å². The Hall–Kier alpha value is -2.83. The number of rotatable bonds is 6. The summed E-state index contributed by atoms with van der Waals surface area (Å²) in [5.74, 6) is -0.630. The molecular weight excluding hydrogens is 368 g/mol. The van der Waals surface area contributed by atoms with Gasteiger partial charge in [-0.2, -0.15) is 0 Å². The smallest absolute Gasteiger partial charge is 0.328 e. The van der Waals surface area contributed by atoms with Gasteiger partial charge in [0, 0.05) is 24.0 Å². The van der Waals surface area contributed by atoms with Gasteiger partial charge in [0.2, 0.25) is 5.91 Å². The topological polar surface area (TPSA) is 85.5 Å². The summed E-state index contributed by atoms with van der Waals surface area (Å²) >= 11 is 0. The molecular formula is C22H28N4O3. The first-order valence-electron chi connectivity index (χ1n) is 10.4. The third kappa shape index (κ3) is 2.82. The molecule has 0 bridgehead atoms. The molecule has 1 saturated heterocycles. The van der Waals surface area contributed by atoms with E-state index in [1.54, 1.807) is 18.7 Å². The van der Waals surface area contributed by atoms with Crippen molar-refractivity contribution in [3.05, 3.63) is 35.5 Å². The zero-order chi connectivity index (χ0) is 20.8. The molecule has 1 aromatic carbocycles. The Morgan fingerprint density at radius 3 is 2.79 bits per heavy atom. The summed E-state index contributed by atoms with van der Waals surface area (Å²) in [6.45, 7) is 6.52. The first-order chi connectivity index (χ1) is 13.9. The SMILES string of the molecule is CCCCCNC(=O)C(C)N1C(=O)N2CCc3c([nH]c4ccccc34)C2(C)C1=O. The average molecular weight is 396 g/mol. The van der Waals surface area contributed by atoms with Gasteiger partial charge in [-0.3, -0.25) is 9.59 Å². The molecule has 2 N–H and O–H groups in total. The van der Waals surface area contributed by atoms with E-state index >= 15 is 0 Å². The highest BCUT2D eigenvalue weighted by Gasteiger charge is 2.60. The van der Waals surface area contributed by atoms with Gasteiger partial charge in [-0.1, -0.05) is 38.0 Å². The predicted octanol–water partition coefficient (Wildman–Crippen LogP) is 2.90. The monoisotopic (exact) mass is 396 g/mol. The van der Waals surface area contributed by atoms with Gasteiger partial charge < -0.3 is 15.2 Å². The van der Waals surface area contributed by atoms with E-state index in [4.69, 9.17) is 0 Å². The number of hydrogen-bond donors (Lipinski definition) is 2. The van der Waals surface area contributed by atoms with Gasteiger partial charge in [-0.15, -0.1) is 0 Å². The molecule has 4 rings (SSSR count). The predicted molar refractivity (Wildman–Crippen MR) is 110 cm³/mol. The van der Waals surface area contributed by atoms with Crippen LogP contribution in [0.4, 0.5) is 4.79 Å². The van der Waals surface area contributed by atoms with Crippen LogP contribution in [-0.4, -0.2) is 51.8 Å². The van der Waals surface area contributed by atoms with Crippen LogP contribution in [0.15, 0.2) is 24.3 Å². The number of nitrogens with one attached hydrogen (secondary N) is 2. The Kier molecular flexibility index (Phi) is 4.84. The molecule has 2 atom stereocenters. The minimum Gasteiger partial charge on any atom is -0.356 e. The van der Waals surface area contributed by atoms with E-state index < -0.39 is 17.6 Å². The molecule has 154 valence electrons. The van der Waals surface area contributed by atoms with E-state index in [-0.39, 0.29) is 11.8 Å². The number of carbonyl (C=O) groups excluding carboxylic acids is 3. The number of unbranched alkanes of at least 4 members (excludes halogenated alkanes) is 2. The van der Waals surface area contributed by atoms with Crippen LogP contribution in [0, 0.1) is 0 Å². The summed E-state index contributed by atoms with van der Waals surface area (Å²) in [7, 11) is 0. The average Bonchev–Trinajstić information content (AvgIpc) is 3.19. The first kappa shape index (κ1) is 19.5. The Morgan fingerprint density at radius 1 is 1.28 bits per heavy atom. The summed E-state index contributed by atoms with van der Waals surface area (Å²) in [5, 5.41) is 3.95. The maximum Gasteiger partial charge on any atom is 0.328 e. The van der Waals surface area contributed by atoms with Crippen LogP contribution in [0.1, 0.15) is 51.3 Å². The molecule has 2 unspecified atom stereocenters. The van der Waals surface area contributed by atoms with Crippen molar-refractivity contribution in [1.82, 2.24) is 20.1 Å². The number of H-pyrrole nitrogens is 1. The van der Waals surface area contributed by atoms with Crippen LogP contribution >= 0.6 is 0 Å². The molecule has 7 heteroatoms. The summed E-state index contributed by atoms with van der Waals surface area (Å²) in [4.78, 5) is 45.3. The van der Waals surface area contributed by atoms with E-state index in [0.717, 1.165) is 46.3 Å². The molecule has 2 aliphatic heterocycles. The normalized spacial score (nSPS) is 22.0. The quantitative estimate of drug-likeness (QED) is 0.582. The number of aromatic amines is 1. The van der Waals surface area contributed by atoms with Crippen LogP contribution in [-0.2, 0) is 21.5 Å². The van der Waals surface area contributed by atoms with Gasteiger partial charge in [-0.25, -0.2) is 9.69 Å². The highest BCUT2D eigenvalue weighted by atomic mass is 16.2. The second-order valence-electron chi connectivity index (χ2n) is 8.13. The number of nitrogens with zero attached hydrogens (tertiary/aromatic N) is 2. The molecule has 3 heterocycles. The third-order valence-corrected chi connectivity index (χ3v) is 6.34. The van der Waals surface area contributed by atoms with E-state index in [2.05, 4.69) is 17.2 Å². The summed E-state index contributed by atoms with van der Waals surface area (Å²) in [6.07, 6.45) is 3.67. The molecule has 0 saturated carbocycles. The van der Waals surface area contributed by atoms with Crippen LogP contribution in [0.25, 0.3) is 10.9 Å². The number of benzene rings is 1. The van der Waals surface area contributed by atoms with E-state index in [1.165, 1.54) is 0 Å². The maximum atomic E-state index is 13.5. The molecule has 0 spiro atoms. The maximum absolute atomic E-state index is 13.5. The fourth-order valence-electron chi connectivity index (χ4n) is 4.61. The van der Waals surface area contributed by atoms with Gasteiger partial charge in [-0.05, 0) is 38.3 Å². The first-order valence-corrected chi connectivity index (χ1v) is 10.4. The van der Waals surface area contributed by atoms with Crippen molar-refractivity contribution in [2.45, 2.75) is 58.0 Å². The molecule has 29 heavy (non-hydrogen) atoms. The minimum absolute atomic E-state index is 0.289. The molecule has 7 nitrogen and oxygen atoms in total. The minimum atomic E-state index is -1.11. The van der Waals surface area contributed by atoms with Crippen molar-refractivity contribution in [3.8, 4) is 0 Å². The van der Waals surface area contributed by atoms with E-state index in [9.17, 15) is 14.4 Å². The lowest BCUT2D eigenvalue weighted by Crippen LogP contribution is -2.50. The number of imide groups is 1. The summed E-state index contributed by atoms with van der Waals surface area (Å²) < 4.78 is 0. The molecule has 4 amide bonds. The largest absolute Gasteiger partial charge is 0.356 e. The van der Waals surface area contributed by atoms with Crippen LogP contribution in [0.5, 0.6) is 0 Å². The zero-order valence-electron chi connectivity index (χ0n) is 17.2. The lowest BCUT2D eigenvalue weighted by Gasteiger charge is -2.36. The summed E-state index contributed by atoms with van der Waals surface area (Å²) in [5.41, 5.74) is 1.70. The van der Waals surface area contributed by atoms with Crippen LogP contribution in [0.2, 0.25) is 0 Å². The van der Waals surface area contributed by atoms with Crippen molar-refractivity contribution in [2.75, 3.05) is 13.1 Å². The second kappa shape index (κ2) is 7.21. The lowest BCUT2D eigenvalue weighted by molar-refractivity contribution is -0.139. The van der Waals surface area contributed by atoms with Crippen LogP contribution < -0.4 is 5.32 Å². The zero-order valence-corrected chi connectivity index (χ0v) is 17.2. The Morgan fingerprint density at radius 2 is 2.03 bits per heavy atom. The number of aromatic nitrogens is 1. The van der Waals surface area contributed by atoms with Gasteiger partial charge >= 0.3 is 6.03 Å². The number of carbonyl (C=O) groups is 3.